The molecule has 1 aliphatic rings. The molecule has 18 heavy (non-hydrogen) atoms. The van der Waals surface area contributed by atoms with Gasteiger partial charge in [-0.25, -0.2) is 0 Å². The lowest BCUT2D eigenvalue weighted by Gasteiger charge is -2.32. The number of rotatable bonds is 3. The van der Waals surface area contributed by atoms with Gasteiger partial charge < -0.3 is 16.0 Å². The summed E-state index contributed by atoms with van der Waals surface area (Å²) < 4.78 is 0. The zero-order valence-corrected chi connectivity index (χ0v) is 10.3. The third kappa shape index (κ3) is 2.36. The van der Waals surface area contributed by atoms with E-state index < -0.39 is 5.91 Å². The van der Waals surface area contributed by atoms with Crippen LogP contribution in [0.1, 0.15) is 23.2 Å². The summed E-state index contributed by atoms with van der Waals surface area (Å²) in [6.45, 7) is 0.715. The van der Waals surface area contributed by atoms with Crippen molar-refractivity contribution in [2.45, 2.75) is 18.9 Å². The van der Waals surface area contributed by atoms with Gasteiger partial charge >= 0.3 is 0 Å². The maximum atomic E-state index is 12.1. The second-order valence-corrected chi connectivity index (χ2v) is 4.38. The Morgan fingerprint density at radius 1 is 1.39 bits per heavy atom. The van der Waals surface area contributed by atoms with Gasteiger partial charge in [0, 0.05) is 17.8 Å². The van der Waals surface area contributed by atoms with Crippen LogP contribution in [0.3, 0.4) is 0 Å². The van der Waals surface area contributed by atoms with Crippen LogP contribution in [-0.4, -0.2) is 31.4 Å². The van der Waals surface area contributed by atoms with Crippen molar-refractivity contribution in [2.75, 3.05) is 18.5 Å². The number of primary amides is 1. The number of benzene rings is 1. The fourth-order valence-corrected chi connectivity index (χ4v) is 2.21. The monoisotopic (exact) mass is 247 g/mol. The number of hydrogen-bond donors (Lipinski definition) is 2. The van der Waals surface area contributed by atoms with Gasteiger partial charge in [-0.15, -0.1) is 0 Å². The van der Waals surface area contributed by atoms with E-state index in [9.17, 15) is 9.59 Å². The van der Waals surface area contributed by atoms with Crippen LogP contribution in [0.5, 0.6) is 0 Å². The van der Waals surface area contributed by atoms with Crippen molar-refractivity contribution in [3.05, 3.63) is 29.8 Å². The molecule has 2 amide bonds. The van der Waals surface area contributed by atoms with Gasteiger partial charge in [0.15, 0.2) is 0 Å². The van der Waals surface area contributed by atoms with Crippen molar-refractivity contribution >= 4 is 17.5 Å². The molecule has 1 aliphatic heterocycles. The molecule has 1 fully saturated rings. The van der Waals surface area contributed by atoms with Crippen molar-refractivity contribution in [2.24, 2.45) is 5.73 Å². The van der Waals surface area contributed by atoms with E-state index in [2.05, 4.69) is 5.32 Å². The molecule has 1 saturated heterocycles. The maximum absolute atomic E-state index is 12.1. The fraction of sp³-hybridized carbons (Fsp3) is 0.385. The highest BCUT2D eigenvalue weighted by Crippen LogP contribution is 2.21. The van der Waals surface area contributed by atoms with Crippen molar-refractivity contribution in [3.63, 3.8) is 0 Å². The molecule has 0 spiro atoms. The van der Waals surface area contributed by atoms with Gasteiger partial charge in [-0.3, -0.25) is 9.59 Å². The molecule has 0 saturated carbocycles. The normalized spacial score (nSPS) is 19.9. The van der Waals surface area contributed by atoms with Crippen molar-refractivity contribution in [1.82, 2.24) is 5.32 Å². The van der Waals surface area contributed by atoms with E-state index in [-0.39, 0.29) is 11.9 Å². The number of piperidine rings is 1. The molecule has 1 aromatic rings. The summed E-state index contributed by atoms with van der Waals surface area (Å²) >= 11 is 0. The zero-order chi connectivity index (χ0) is 13.1. The van der Waals surface area contributed by atoms with Crippen molar-refractivity contribution in [3.8, 4) is 0 Å². The Balaban J connectivity index is 2.20. The third-order valence-electron chi connectivity index (χ3n) is 3.25. The summed E-state index contributed by atoms with van der Waals surface area (Å²) in [6.07, 6.45) is 1.83. The summed E-state index contributed by atoms with van der Waals surface area (Å²) in [5, 5.41) is 3.02. The van der Waals surface area contributed by atoms with Crippen LogP contribution < -0.4 is 16.0 Å². The molecular weight excluding hydrogens is 230 g/mol. The quantitative estimate of drug-likeness (QED) is 0.816. The van der Waals surface area contributed by atoms with Crippen molar-refractivity contribution < 1.29 is 9.59 Å². The molecule has 1 heterocycles. The molecule has 1 aromatic carbocycles. The van der Waals surface area contributed by atoms with E-state index in [4.69, 9.17) is 5.73 Å². The predicted octanol–water partition coefficient (Wildman–Crippen LogP) is 0.500. The zero-order valence-electron chi connectivity index (χ0n) is 10.3. The lowest BCUT2D eigenvalue weighted by Crippen LogP contribution is -2.49. The van der Waals surface area contributed by atoms with Gasteiger partial charge in [0.05, 0.1) is 6.04 Å². The topological polar surface area (TPSA) is 75.4 Å². The summed E-state index contributed by atoms with van der Waals surface area (Å²) in [7, 11) is 1.79. The molecule has 96 valence electrons. The number of carbonyl (C=O) groups excluding carboxylic acids is 2. The van der Waals surface area contributed by atoms with Gasteiger partial charge in [0.1, 0.15) is 0 Å². The van der Waals surface area contributed by atoms with E-state index >= 15 is 0 Å². The van der Waals surface area contributed by atoms with Crippen LogP contribution in [0.15, 0.2) is 24.3 Å². The Morgan fingerprint density at radius 3 is 2.61 bits per heavy atom. The van der Waals surface area contributed by atoms with E-state index in [1.807, 2.05) is 0 Å². The Labute approximate surface area is 106 Å². The van der Waals surface area contributed by atoms with E-state index in [0.717, 1.165) is 18.5 Å². The molecule has 5 heteroatoms. The van der Waals surface area contributed by atoms with Crippen LogP contribution in [0.2, 0.25) is 0 Å². The first-order chi connectivity index (χ1) is 8.63. The van der Waals surface area contributed by atoms with Gasteiger partial charge in [-0.1, -0.05) is 0 Å². The molecule has 0 bridgehead atoms. The molecule has 2 rings (SSSR count). The van der Waals surface area contributed by atoms with Crippen LogP contribution in [0.25, 0.3) is 0 Å². The number of nitrogens with one attached hydrogen (secondary N) is 1. The first-order valence-corrected chi connectivity index (χ1v) is 6.02. The first kappa shape index (κ1) is 12.6. The molecule has 1 atom stereocenters. The number of likely N-dealkylation sites (N-methyl/N-ethyl adjacent to an activating group) is 1. The highest BCUT2D eigenvalue weighted by molar-refractivity contribution is 5.99. The largest absolute Gasteiger partial charge is 0.366 e. The molecule has 3 N–H and O–H groups in total. The van der Waals surface area contributed by atoms with Gasteiger partial charge in [-0.2, -0.15) is 0 Å². The number of anilines is 1. The number of nitrogens with two attached hydrogens (primary N) is 1. The average Bonchev–Trinajstić information content (AvgIpc) is 2.39. The molecule has 0 aromatic heterocycles. The Kier molecular flexibility index (Phi) is 3.62. The highest BCUT2D eigenvalue weighted by Gasteiger charge is 2.28. The smallest absolute Gasteiger partial charge is 0.248 e. The average molecular weight is 247 g/mol. The fourth-order valence-electron chi connectivity index (χ4n) is 2.21. The summed E-state index contributed by atoms with van der Waals surface area (Å²) in [6, 6.07) is 6.70. The Hall–Kier alpha value is -1.88. The van der Waals surface area contributed by atoms with Gasteiger partial charge in [0.25, 0.3) is 0 Å². The molecule has 5 nitrogen and oxygen atoms in total. The Bertz CT molecular complexity index is 456. The van der Waals surface area contributed by atoms with Crippen LogP contribution in [0, 0.1) is 0 Å². The molecular formula is C13H17N3O2. The Morgan fingerprint density at radius 2 is 2.06 bits per heavy atom. The highest BCUT2D eigenvalue weighted by atomic mass is 16.2. The van der Waals surface area contributed by atoms with Crippen LogP contribution in [-0.2, 0) is 4.79 Å². The number of nitrogens with zero attached hydrogens (tertiary/aromatic N) is 1. The number of hydrogen-bond acceptors (Lipinski definition) is 3. The second-order valence-electron chi connectivity index (χ2n) is 4.38. The lowest BCUT2D eigenvalue weighted by atomic mass is 10.0. The summed E-state index contributed by atoms with van der Waals surface area (Å²) in [4.78, 5) is 24.9. The lowest BCUT2D eigenvalue weighted by molar-refractivity contribution is -0.121. The summed E-state index contributed by atoms with van der Waals surface area (Å²) in [5.74, 6) is -0.379. The minimum Gasteiger partial charge on any atom is -0.366 e. The second kappa shape index (κ2) is 5.18. The third-order valence-corrected chi connectivity index (χ3v) is 3.25. The summed E-state index contributed by atoms with van der Waals surface area (Å²) in [5.41, 5.74) is 6.45. The standard InChI is InChI=1S/C13H17N3O2/c1-15-11-3-2-8-16(13(11)18)10-6-4-9(5-7-10)12(14)17/h4-7,11,15H,2-3,8H2,1H3,(H2,14,17). The SMILES string of the molecule is CNC1CCCN(c2ccc(C(N)=O)cc2)C1=O. The first-order valence-electron chi connectivity index (χ1n) is 6.02. The molecule has 0 radical (unpaired) electrons. The molecule has 0 aliphatic carbocycles. The number of carbonyl (C=O) groups is 2. The molecule has 1 unspecified atom stereocenters. The van der Waals surface area contributed by atoms with E-state index in [1.165, 1.54) is 0 Å². The maximum Gasteiger partial charge on any atom is 0.248 e. The van der Waals surface area contributed by atoms with Gasteiger partial charge in [-0.05, 0) is 44.2 Å². The van der Waals surface area contributed by atoms with E-state index in [0.29, 0.717) is 12.1 Å². The predicted molar refractivity (Wildman–Crippen MR) is 69.4 cm³/mol. The number of amides is 2. The minimum atomic E-state index is -0.459. The van der Waals surface area contributed by atoms with Crippen LogP contribution >= 0.6 is 0 Å². The van der Waals surface area contributed by atoms with Crippen molar-refractivity contribution in [1.29, 1.82) is 0 Å². The van der Waals surface area contributed by atoms with E-state index in [1.54, 1.807) is 36.2 Å². The minimum absolute atomic E-state index is 0.0792. The van der Waals surface area contributed by atoms with Crippen LogP contribution in [0.4, 0.5) is 5.69 Å². The van der Waals surface area contributed by atoms with Gasteiger partial charge in [0.2, 0.25) is 11.8 Å².